The number of allylic oxidation sites excluding steroid dienone is 1. The Labute approximate surface area is 105 Å². The molecule has 0 amide bonds. The second kappa shape index (κ2) is 5.05. The van der Waals surface area contributed by atoms with Crippen molar-refractivity contribution < 1.29 is 0 Å². The first-order valence-electron chi connectivity index (χ1n) is 6.49. The highest BCUT2D eigenvalue weighted by atomic mass is 15.1. The van der Waals surface area contributed by atoms with Crippen molar-refractivity contribution in [3.05, 3.63) is 48.0 Å². The molecule has 1 aromatic rings. The van der Waals surface area contributed by atoms with E-state index in [-0.39, 0.29) is 0 Å². The van der Waals surface area contributed by atoms with Crippen LogP contribution in [0.4, 0.5) is 0 Å². The molecular formula is C16H23N. The summed E-state index contributed by atoms with van der Waals surface area (Å²) in [6, 6.07) is 11.0. The second-order valence-corrected chi connectivity index (χ2v) is 5.63. The number of benzene rings is 1. The van der Waals surface area contributed by atoms with Crippen molar-refractivity contribution in [2.24, 2.45) is 0 Å². The van der Waals surface area contributed by atoms with E-state index in [4.69, 9.17) is 0 Å². The van der Waals surface area contributed by atoms with Crippen molar-refractivity contribution in [2.45, 2.75) is 31.1 Å². The lowest BCUT2D eigenvalue weighted by atomic mass is 9.68. The summed E-state index contributed by atoms with van der Waals surface area (Å²) < 4.78 is 0. The molecule has 1 heteroatoms. The van der Waals surface area contributed by atoms with E-state index < -0.39 is 0 Å². The lowest BCUT2D eigenvalue weighted by Crippen LogP contribution is -2.39. The molecule has 0 aromatic heterocycles. The molecule has 0 heterocycles. The van der Waals surface area contributed by atoms with Gasteiger partial charge in [-0.3, -0.25) is 0 Å². The van der Waals surface area contributed by atoms with E-state index in [0.717, 1.165) is 6.54 Å². The molecule has 0 spiro atoms. The number of hydrogen-bond donors (Lipinski definition) is 0. The van der Waals surface area contributed by atoms with Crippen LogP contribution < -0.4 is 0 Å². The Kier molecular flexibility index (Phi) is 3.68. The molecule has 1 aromatic carbocycles. The molecule has 0 atom stereocenters. The van der Waals surface area contributed by atoms with Gasteiger partial charge in [-0.25, -0.2) is 0 Å². The average molecular weight is 229 g/mol. The minimum Gasteiger partial charge on any atom is -0.309 e. The Hall–Kier alpha value is -1.08. The molecule has 0 N–H and O–H groups in total. The van der Waals surface area contributed by atoms with Crippen LogP contribution in [0.25, 0.3) is 0 Å². The summed E-state index contributed by atoms with van der Waals surface area (Å²) in [4.78, 5) is 2.32. The van der Waals surface area contributed by atoms with Crippen molar-refractivity contribution in [1.29, 1.82) is 0 Å². The molecule has 0 bridgehead atoms. The van der Waals surface area contributed by atoms with Gasteiger partial charge in [0, 0.05) is 12.0 Å². The Morgan fingerprint density at radius 3 is 2.24 bits per heavy atom. The van der Waals surface area contributed by atoms with Crippen LogP contribution in [0.1, 0.15) is 31.2 Å². The Bertz CT molecular complexity index is 368. The van der Waals surface area contributed by atoms with Crippen LogP contribution in [0.2, 0.25) is 0 Å². The zero-order chi connectivity index (χ0) is 12.3. The van der Waals surface area contributed by atoms with Crippen LogP contribution in [0, 0.1) is 0 Å². The van der Waals surface area contributed by atoms with Gasteiger partial charge in [-0.1, -0.05) is 42.5 Å². The molecule has 0 aliphatic heterocycles. The van der Waals surface area contributed by atoms with Crippen molar-refractivity contribution >= 4 is 0 Å². The van der Waals surface area contributed by atoms with E-state index >= 15 is 0 Å². The lowest BCUT2D eigenvalue weighted by Gasteiger charge is -2.40. The van der Waals surface area contributed by atoms with Gasteiger partial charge in [0.2, 0.25) is 0 Å². The maximum absolute atomic E-state index is 4.14. The highest BCUT2D eigenvalue weighted by Crippen LogP contribution is 2.41. The topological polar surface area (TPSA) is 3.24 Å². The van der Waals surface area contributed by atoms with Crippen molar-refractivity contribution in [3.8, 4) is 0 Å². The van der Waals surface area contributed by atoms with Crippen LogP contribution in [-0.2, 0) is 5.41 Å². The van der Waals surface area contributed by atoms with Crippen LogP contribution in [0.5, 0.6) is 0 Å². The first-order valence-corrected chi connectivity index (χ1v) is 6.49. The maximum Gasteiger partial charge on any atom is 0.00861 e. The van der Waals surface area contributed by atoms with Crippen molar-refractivity contribution in [2.75, 3.05) is 20.6 Å². The first kappa shape index (κ1) is 12.4. The molecule has 0 unspecified atom stereocenters. The molecule has 2 rings (SSSR count). The van der Waals surface area contributed by atoms with Gasteiger partial charge < -0.3 is 4.90 Å². The van der Waals surface area contributed by atoms with Gasteiger partial charge in [0.05, 0.1) is 0 Å². The van der Waals surface area contributed by atoms with E-state index in [0.29, 0.717) is 5.41 Å². The third-order valence-corrected chi connectivity index (χ3v) is 3.92. The quantitative estimate of drug-likeness (QED) is 0.716. The van der Waals surface area contributed by atoms with Crippen LogP contribution in [0.15, 0.2) is 42.5 Å². The van der Waals surface area contributed by atoms with Crippen molar-refractivity contribution in [1.82, 2.24) is 4.90 Å². The number of rotatable bonds is 3. The van der Waals surface area contributed by atoms with Crippen LogP contribution in [-0.4, -0.2) is 25.5 Å². The standard InChI is InChI=1S/C16H23N/c1-14-9-11-16(12-10-14,13-17(2)3)15-7-5-4-6-8-15/h4-8H,1,9-13H2,2-3H3. The highest BCUT2D eigenvalue weighted by molar-refractivity contribution is 5.28. The molecule has 17 heavy (non-hydrogen) atoms. The Balaban J connectivity index is 2.27. The van der Waals surface area contributed by atoms with E-state index in [9.17, 15) is 0 Å². The summed E-state index contributed by atoms with van der Waals surface area (Å²) >= 11 is 0. The van der Waals surface area contributed by atoms with E-state index in [2.05, 4.69) is 55.9 Å². The summed E-state index contributed by atoms with van der Waals surface area (Å²) in [5.41, 5.74) is 3.27. The number of hydrogen-bond acceptors (Lipinski definition) is 1. The minimum absolute atomic E-state index is 0.339. The predicted molar refractivity (Wildman–Crippen MR) is 74.3 cm³/mol. The largest absolute Gasteiger partial charge is 0.309 e. The highest BCUT2D eigenvalue weighted by Gasteiger charge is 2.34. The smallest absolute Gasteiger partial charge is 0.00861 e. The lowest BCUT2D eigenvalue weighted by molar-refractivity contribution is 0.235. The zero-order valence-corrected chi connectivity index (χ0v) is 11.1. The Morgan fingerprint density at radius 2 is 1.71 bits per heavy atom. The molecule has 0 saturated heterocycles. The first-order chi connectivity index (χ1) is 8.12. The Morgan fingerprint density at radius 1 is 1.12 bits per heavy atom. The third kappa shape index (κ3) is 2.78. The van der Waals surface area contributed by atoms with Gasteiger partial charge in [0.25, 0.3) is 0 Å². The van der Waals surface area contributed by atoms with E-state index in [1.165, 1.54) is 36.8 Å². The van der Waals surface area contributed by atoms with Gasteiger partial charge in [0.15, 0.2) is 0 Å². The molecule has 1 nitrogen and oxygen atoms in total. The van der Waals surface area contributed by atoms with Crippen molar-refractivity contribution in [3.63, 3.8) is 0 Å². The van der Waals surface area contributed by atoms with Gasteiger partial charge in [0.1, 0.15) is 0 Å². The molecule has 0 radical (unpaired) electrons. The number of nitrogens with zero attached hydrogens (tertiary/aromatic N) is 1. The maximum atomic E-state index is 4.14. The summed E-state index contributed by atoms with van der Waals surface area (Å²) in [7, 11) is 4.35. The fourth-order valence-electron chi connectivity index (χ4n) is 3.02. The molecule has 1 saturated carbocycles. The number of likely N-dealkylation sites (N-methyl/N-ethyl adjacent to an activating group) is 1. The van der Waals surface area contributed by atoms with Gasteiger partial charge in [-0.05, 0) is 45.3 Å². The zero-order valence-electron chi connectivity index (χ0n) is 11.1. The minimum atomic E-state index is 0.339. The molecular weight excluding hydrogens is 206 g/mol. The summed E-state index contributed by atoms with van der Waals surface area (Å²) in [5.74, 6) is 0. The average Bonchev–Trinajstić information content (AvgIpc) is 2.33. The normalized spacial score (nSPS) is 19.6. The predicted octanol–water partition coefficient (Wildman–Crippen LogP) is 3.62. The second-order valence-electron chi connectivity index (χ2n) is 5.63. The SMILES string of the molecule is C=C1CCC(CN(C)C)(c2ccccc2)CC1. The fourth-order valence-corrected chi connectivity index (χ4v) is 3.02. The summed E-state index contributed by atoms with van der Waals surface area (Å²) in [6.45, 7) is 5.28. The van der Waals surface area contributed by atoms with E-state index in [1.807, 2.05) is 0 Å². The van der Waals surface area contributed by atoms with Crippen LogP contribution in [0.3, 0.4) is 0 Å². The van der Waals surface area contributed by atoms with Gasteiger partial charge in [-0.15, -0.1) is 0 Å². The third-order valence-electron chi connectivity index (χ3n) is 3.92. The molecule has 1 aliphatic rings. The van der Waals surface area contributed by atoms with Crippen LogP contribution >= 0.6 is 0 Å². The van der Waals surface area contributed by atoms with Gasteiger partial charge in [-0.2, -0.15) is 0 Å². The summed E-state index contributed by atoms with van der Waals surface area (Å²) in [6.07, 6.45) is 4.85. The molecule has 1 fully saturated rings. The summed E-state index contributed by atoms with van der Waals surface area (Å²) in [5, 5.41) is 0. The van der Waals surface area contributed by atoms with E-state index in [1.54, 1.807) is 0 Å². The molecule has 92 valence electrons. The monoisotopic (exact) mass is 229 g/mol. The molecule has 1 aliphatic carbocycles. The fraction of sp³-hybridized carbons (Fsp3) is 0.500. The van der Waals surface area contributed by atoms with Gasteiger partial charge >= 0.3 is 0 Å².